The van der Waals surface area contributed by atoms with Gasteiger partial charge in [0, 0.05) is 17.4 Å². The minimum Gasteiger partial charge on any atom is -0.489 e. The molecule has 3 nitrogen and oxygen atoms in total. The summed E-state index contributed by atoms with van der Waals surface area (Å²) in [5.41, 5.74) is 0.863. The Morgan fingerprint density at radius 2 is 1.90 bits per heavy atom. The molecule has 1 aliphatic carbocycles. The van der Waals surface area contributed by atoms with Crippen molar-refractivity contribution in [2.75, 3.05) is 13.2 Å². The third-order valence-corrected chi connectivity index (χ3v) is 4.85. The van der Waals surface area contributed by atoms with Crippen LogP contribution in [-0.2, 0) is 0 Å². The van der Waals surface area contributed by atoms with E-state index in [-0.39, 0.29) is 17.1 Å². The number of ketones is 1. The highest BCUT2D eigenvalue weighted by Gasteiger charge is 2.39. The molecule has 3 heteroatoms. The molecule has 2 atom stereocenters. The van der Waals surface area contributed by atoms with Crippen LogP contribution in [0.3, 0.4) is 0 Å². The van der Waals surface area contributed by atoms with Crippen molar-refractivity contribution >= 4 is 5.78 Å². The Hall–Kier alpha value is -1.51. The molecule has 0 N–H and O–H groups in total. The van der Waals surface area contributed by atoms with Crippen LogP contribution < -0.4 is 9.47 Å². The summed E-state index contributed by atoms with van der Waals surface area (Å²) in [4.78, 5) is 12.8. The van der Waals surface area contributed by atoms with Crippen LogP contribution in [0.1, 0.15) is 50.4 Å². The highest BCUT2D eigenvalue weighted by molar-refractivity contribution is 5.99. The van der Waals surface area contributed by atoms with Crippen LogP contribution in [0.4, 0.5) is 0 Å². The van der Waals surface area contributed by atoms with Crippen molar-refractivity contribution < 1.29 is 14.3 Å². The molecular weight excluding hydrogens is 264 g/mol. The second kappa shape index (κ2) is 5.36. The van der Waals surface area contributed by atoms with Gasteiger partial charge in [0.15, 0.2) is 17.3 Å². The van der Waals surface area contributed by atoms with Crippen LogP contribution >= 0.6 is 0 Å². The molecule has 1 fully saturated rings. The summed E-state index contributed by atoms with van der Waals surface area (Å²) in [6.07, 6.45) is 3.27. The largest absolute Gasteiger partial charge is 0.489 e. The first kappa shape index (κ1) is 14.4. The number of carbonyl (C=O) groups is 1. The van der Waals surface area contributed by atoms with Gasteiger partial charge in [0.2, 0.25) is 0 Å². The van der Waals surface area contributed by atoms with Gasteiger partial charge in [-0.15, -0.1) is 0 Å². The molecule has 1 saturated carbocycles. The average molecular weight is 288 g/mol. The fourth-order valence-corrected chi connectivity index (χ4v) is 3.42. The van der Waals surface area contributed by atoms with Crippen molar-refractivity contribution in [2.24, 2.45) is 17.3 Å². The first-order chi connectivity index (χ1) is 9.97. The average Bonchev–Trinajstić information content (AvgIpc) is 2.70. The lowest BCUT2D eigenvalue weighted by atomic mass is 9.78. The molecule has 0 saturated heterocycles. The van der Waals surface area contributed by atoms with Crippen LogP contribution in [-0.4, -0.2) is 19.0 Å². The number of fused-ring (bicyclic) bond motifs is 1. The fourth-order valence-electron chi connectivity index (χ4n) is 3.42. The fraction of sp³-hybridized carbons (Fsp3) is 0.611. The number of hydrogen-bond acceptors (Lipinski definition) is 3. The Balaban J connectivity index is 1.85. The first-order valence-corrected chi connectivity index (χ1v) is 7.91. The van der Waals surface area contributed by atoms with Crippen molar-refractivity contribution in [3.63, 3.8) is 0 Å². The van der Waals surface area contributed by atoms with Crippen molar-refractivity contribution in [3.05, 3.63) is 23.8 Å². The third-order valence-electron chi connectivity index (χ3n) is 4.85. The van der Waals surface area contributed by atoms with Crippen LogP contribution in [0.15, 0.2) is 18.2 Å². The van der Waals surface area contributed by atoms with Crippen molar-refractivity contribution in [1.29, 1.82) is 0 Å². The Bertz CT molecular complexity index is 547. The molecule has 2 aliphatic rings. The highest BCUT2D eigenvalue weighted by atomic mass is 16.5. The van der Waals surface area contributed by atoms with Crippen molar-refractivity contribution in [2.45, 2.75) is 40.0 Å². The van der Waals surface area contributed by atoms with Crippen molar-refractivity contribution in [3.8, 4) is 11.5 Å². The molecule has 1 aliphatic heterocycles. The topological polar surface area (TPSA) is 35.5 Å². The van der Waals surface area contributed by atoms with Gasteiger partial charge in [0.1, 0.15) is 0 Å². The van der Waals surface area contributed by atoms with E-state index in [1.54, 1.807) is 0 Å². The molecule has 0 aromatic heterocycles. The maximum Gasteiger partial charge on any atom is 0.166 e. The van der Waals surface area contributed by atoms with Crippen LogP contribution in [0.2, 0.25) is 0 Å². The van der Waals surface area contributed by atoms with E-state index in [1.165, 1.54) is 0 Å². The lowest BCUT2D eigenvalue weighted by Gasteiger charge is -2.25. The predicted octanol–water partition coefficient (Wildman–Crippen LogP) is 4.10. The molecule has 0 spiro atoms. The van der Waals surface area contributed by atoms with E-state index in [9.17, 15) is 4.79 Å². The number of hydrogen-bond donors (Lipinski definition) is 0. The molecule has 1 aromatic rings. The Kier molecular flexibility index (Phi) is 3.68. The van der Waals surface area contributed by atoms with Gasteiger partial charge >= 0.3 is 0 Å². The predicted molar refractivity (Wildman–Crippen MR) is 82.0 cm³/mol. The van der Waals surface area contributed by atoms with E-state index in [1.807, 2.05) is 18.2 Å². The summed E-state index contributed by atoms with van der Waals surface area (Å²) in [5, 5.41) is 0. The maximum atomic E-state index is 12.8. The van der Waals surface area contributed by atoms with E-state index in [0.717, 1.165) is 30.6 Å². The summed E-state index contributed by atoms with van der Waals surface area (Å²) >= 11 is 0. The van der Waals surface area contributed by atoms with Gasteiger partial charge in [-0.05, 0) is 36.5 Å². The minimum atomic E-state index is 0.107. The Labute approximate surface area is 126 Å². The number of rotatable bonds is 2. The van der Waals surface area contributed by atoms with E-state index in [4.69, 9.17) is 9.47 Å². The molecule has 1 heterocycles. The molecule has 114 valence electrons. The molecular formula is C18H24O3. The van der Waals surface area contributed by atoms with E-state index < -0.39 is 0 Å². The van der Waals surface area contributed by atoms with Crippen LogP contribution in [0.5, 0.6) is 11.5 Å². The molecule has 1 aromatic carbocycles. The van der Waals surface area contributed by atoms with E-state index >= 15 is 0 Å². The van der Waals surface area contributed by atoms with Crippen LogP contribution in [0.25, 0.3) is 0 Å². The van der Waals surface area contributed by atoms with Crippen molar-refractivity contribution in [1.82, 2.24) is 0 Å². The molecule has 21 heavy (non-hydrogen) atoms. The van der Waals surface area contributed by atoms with E-state index in [0.29, 0.717) is 24.9 Å². The molecule has 0 bridgehead atoms. The second-order valence-corrected chi connectivity index (χ2v) is 7.19. The smallest absolute Gasteiger partial charge is 0.166 e. The van der Waals surface area contributed by atoms with Gasteiger partial charge in [0.05, 0.1) is 13.2 Å². The zero-order valence-corrected chi connectivity index (χ0v) is 13.1. The standard InChI is InChI=1S/C18H24O3/c1-12-10-20-15-7-6-13(9-16(15)21-11-12)17(19)14-5-4-8-18(14,2)3/h6-7,9,12,14H,4-5,8,10-11H2,1-3H3. The van der Waals surface area contributed by atoms with E-state index in [2.05, 4.69) is 20.8 Å². The molecule has 0 radical (unpaired) electrons. The number of ether oxygens (including phenoxy) is 2. The molecule has 0 amide bonds. The molecule has 2 unspecified atom stereocenters. The monoisotopic (exact) mass is 288 g/mol. The quantitative estimate of drug-likeness (QED) is 0.768. The van der Waals surface area contributed by atoms with Gasteiger partial charge in [0.25, 0.3) is 0 Å². The van der Waals surface area contributed by atoms with Gasteiger partial charge in [-0.2, -0.15) is 0 Å². The maximum absolute atomic E-state index is 12.8. The second-order valence-electron chi connectivity index (χ2n) is 7.19. The summed E-state index contributed by atoms with van der Waals surface area (Å²) in [5.74, 6) is 2.20. The zero-order valence-electron chi connectivity index (χ0n) is 13.1. The van der Waals surface area contributed by atoms with Crippen LogP contribution in [0, 0.1) is 17.3 Å². The Morgan fingerprint density at radius 3 is 2.57 bits per heavy atom. The van der Waals surface area contributed by atoms with Gasteiger partial charge in [-0.3, -0.25) is 4.79 Å². The first-order valence-electron chi connectivity index (χ1n) is 7.91. The highest BCUT2D eigenvalue weighted by Crippen LogP contribution is 2.44. The summed E-state index contributed by atoms with van der Waals surface area (Å²) < 4.78 is 11.5. The summed E-state index contributed by atoms with van der Waals surface area (Å²) in [6, 6.07) is 5.63. The molecule has 3 rings (SSSR count). The summed E-state index contributed by atoms with van der Waals surface area (Å²) in [6.45, 7) is 7.80. The van der Waals surface area contributed by atoms with Gasteiger partial charge in [-0.25, -0.2) is 0 Å². The third kappa shape index (κ3) is 2.78. The minimum absolute atomic E-state index is 0.107. The Morgan fingerprint density at radius 1 is 1.19 bits per heavy atom. The number of Topliss-reactive ketones (excluding diaryl/α,β-unsaturated/α-hetero) is 1. The number of benzene rings is 1. The lowest BCUT2D eigenvalue weighted by Crippen LogP contribution is -2.25. The summed E-state index contributed by atoms with van der Waals surface area (Å²) in [7, 11) is 0. The zero-order chi connectivity index (χ0) is 15.0. The SMILES string of the molecule is CC1COc2ccc(C(=O)C3CCCC3(C)C)cc2OC1. The lowest BCUT2D eigenvalue weighted by molar-refractivity contribution is 0.0838. The normalized spacial score (nSPS) is 27.2. The number of carbonyl (C=O) groups excluding carboxylic acids is 1. The van der Waals surface area contributed by atoms with Gasteiger partial charge in [-0.1, -0.05) is 27.2 Å². The van der Waals surface area contributed by atoms with Gasteiger partial charge < -0.3 is 9.47 Å².